The number of nitrogens with zero attached hydrogens (tertiary/aromatic N) is 1. The third kappa shape index (κ3) is 32.0. The van der Waals surface area contributed by atoms with Gasteiger partial charge in [0.05, 0.1) is 39.9 Å². The number of aliphatic hydroxyl groups excluding tert-OH is 1. The normalized spacial score (nSPS) is 15.8. The Morgan fingerprint density at radius 1 is 0.766 bits per heavy atom. The van der Waals surface area contributed by atoms with E-state index in [1.54, 1.807) is 6.08 Å². The van der Waals surface area contributed by atoms with E-state index < -0.39 is 26.6 Å². The topological polar surface area (TPSA) is 108 Å². The van der Waals surface area contributed by atoms with Crippen molar-refractivity contribution in [3.63, 3.8) is 0 Å². The van der Waals surface area contributed by atoms with Crippen molar-refractivity contribution in [2.75, 3.05) is 40.9 Å². The molecule has 0 aromatic carbocycles. The number of hydrogen-bond acceptors (Lipinski definition) is 6. The molecular formula is C38H65N2O6P. The van der Waals surface area contributed by atoms with E-state index in [-0.39, 0.29) is 18.9 Å². The number of quaternary nitrogens is 1. The smallest absolute Gasteiger partial charge is 0.268 e. The van der Waals surface area contributed by atoms with Crippen LogP contribution in [-0.2, 0) is 18.4 Å². The Bertz CT molecular complexity index is 1040. The zero-order valence-electron chi connectivity index (χ0n) is 29.9. The van der Waals surface area contributed by atoms with Crippen molar-refractivity contribution in [3.8, 4) is 0 Å². The Morgan fingerprint density at radius 2 is 1.30 bits per heavy atom. The van der Waals surface area contributed by atoms with E-state index in [9.17, 15) is 19.4 Å². The van der Waals surface area contributed by atoms with Gasteiger partial charge in [0.15, 0.2) is 0 Å². The standard InChI is InChI=1S/C38H65N2O6P/c1-6-8-10-12-14-15-16-17-18-19-20-21-22-23-24-25-26-28-30-32-38(42)39-36(37(41)31-29-27-13-11-9-7-2)35-46-47(43,44)45-34-33-40(3,4)5/h8,10,14-15,17-18,20-21,23-24,26,28-29,31,36-37,41H,6-7,9,11-13,16,19,22,25,27,30,32-35H2,1-5H3,(H-,39,42,43,44)/b10-8-,15-14-,18-17-,21-20-,24-23-,28-26-,31-29+. The van der Waals surface area contributed by atoms with Crippen LogP contribution in [-0.4, -0.2) is 68.5 Å². The first-order valence-electron chi connectivity index (χ1n) is 17.4. The van der Waals surface area contributed by atoms with Crippen molar-refractivity contribution >= 4 is 13.7 Å². The van der Waals surface area contributed by atoms with Gasteiger partial charge >= 0.3 is 0 Å². The lowest BCUT2D eigenvalue weighted by Crippen LogP contribution is -2.45. The molecule has 0 bridgehead atoms. The van der Waals surface area contributed by atoms with Gasteiger partial charge in [-0.1, -0.05) is 118 Å². The molecule has 0 fully saturated rings. The SMILES string of the molecule is CC/C=C\C/C=C\C/C=C\C/C=C\C/C=C\C/C=C\CCC(=O)NC(COP(=O)([O-])OCC[N+](C)(C)C)C(O)/C=C/CCCCCC. The van der Waals surface area contributed by atoms with Crippen molar-refractivity contribution in [2.24, 2.45) is 0 Å². The first-order valence-corrected chi connectivity index (χ1v) is 18.9. The van der Waals surface area contributed by atoms with Crippen LogP contribution in [0.2, 0.25) is 0 Å². The summed E-state index contributed by atoms with van der Waals surface area (Å²) in [5.41, 5.74) is 0. The fourth-order valence-corrected chi connectivity index (χ4v) is 4.78. The van der Waals surface area contributed by atoms with Crippen molar-refractivity contribution in [1.82, 2.24) is 5.32 Å². The van der Waals surface area contributed by atoms with E-state index in [1.165, 1.54) is 0 Å². The molecule has 0 rings (SSSR count). The second-order valence-electron chi connectivity index (χ2n) is 12.5. The van der Waals surface area contributed by atoms with E-state index in [4.69, 9.17) is 9.05 Å². The van der Waals surface area contributed by atoms with Gasteiger partial charge in [0.2, 0.25) is 5.91 Å². The van der Waals surface area contributed by atoms with Crippen LogP contribution < -0.4 is 10.2 Å². The van der Waals surface area contributed by atoms with Gasteiger partial charge in [-0.2, -0.15) is 0 Å². The third-order valence-electron chi connectivity index (χ3n) is 6.87. The number of carbonyl (C=O) groups excluding carboxylic acids is 1. The largest absolute Gasteiger partial charge is 0.756 e. The highest BCUT2D eigenvalue weighted by atomic mass is 31.2. The van der Waals surface area contributed by atoms with Crippen LogP contribution in [0.15, 0.2) is 85.1 Å². The molecular weight excluding hydrogens is 611 g/mol. The summed E-state index contributed by atoms with van der Waals surface area (Å²) in [7, 11) is 1.19. The number of rotatable bonds is 29. The molecule has 0 saturated carbocycles. The minimum atomic E-state index is -4.59. The average molecular weight is 677 g/mol. The molecule has 0 aromatic rings. The summed E-state index contributed by atoms with van der Waals surface area (Å²) in [5, 5.41) is 13.5. The third-order valence-corrected chi connectivity index (χ3v) is 7.84. The zero-order valence-corrected chi connectivity index (χ0v) is 30.8. The molecule has 3 atom stereocenters. The fourth-order valence-electron chi connectivity index (χ4n) is 4.05. The summed E-state index contributed by atoms with van der Waals surface area (Å²) in [6, 6.07) is -0.927. The minimum Gasteiger partial charge on any atom is -0.756 e. The molecule has 0 spiro atoms. The van der Waals surface area contributed by atoms with Gasteiger partial charge in [-0.15, -0.1) is 0 Å². The van der Waals surface area contributed by atoms with Crippen LogP contribution in [0.1, 0.15) is 97.3 Å². The lowest BCUT2D eigenvalue weighted by atomic mass is 10.1. The summed E-state index contributed by atoms with van der Waals surface area (Å²) >= 11 is 0. The molecule has 0 aliphatic rings. The highest BCUT2D eigenvalue weighted by Gasteiger charge is 2.23. The monoisotopic (exact) mass is 676 g/mol. The molecule has 3 unspecified atom stereocenters. The van der Waals surface area contributed by atoms with Crippen molar-refractivity contribution in [3.05, 3.63) is 85.1 Å². The molecule has 0 aromatic heterocycles. The van der Waals surface area contributed by atoms with Crippen LogP contribution >= 0.6 is 7.82 Å². The lowest BCUT2D eigenvalue weighted by Gasteiger charge is -2.29. The summed E-state index contributed by atoms with van der Waals surface area (Å²) in [6.07, 6.45) is 39.6. The second-order valence-corrected chi connectivity index (χ2v) is 13.9. The molecule has 47 heavy (non-hydrogen) atoms. The van der Waals surface area contributed by atoms with Crippen molar-refractivity contribution < 1.29 is 32.9 Å². The van der Waals surface area contributed by atoms with Crippen LogP contribution in [0.4, 0.5) is 0 Å². The van der Waals surface area contributed by atoms with Gasteiger partial charge < -0.3 is 28.8 Å². The van der Waals surface area contributed by atoms with E-state index in [2.05, 4.69) is 79.9 Å². The maximum absolute atomic E-state index is 12.6. The van der Waals surface area contributed by atoms with Crippen molar-refractivity contribution in [1.29, 1.82) is 0 Å². The van der Waals surface area contributed by atoms with Gasteiger partial charge in [0.1, 0.15) is 13.2 Å². The Morgan fingerprint density at radius 3 is 1.81 bits per heavy atom. The number of unbranched alkanes of at least 4 members (excludes halogenated alkanes) is 4. The molecule has 8 nitrogen and oxygen atoms in total. The van der Waals surface area contributed by atoms with Gasteiger partial charge in [0, 0.05) is 6.42 Å². The predicted octanol–water partition coefficient (Wildman–Crippen LogP) is 8.04. The van der Waals surface area contributed by atoms with E-state index >= 15 is 0 Å². The van der Waals surface area contributed by atoms with Gasteiger partial charge in [-0.3, -0.25) is 9.36 Å². The summed E-state index contributed by atoms with van der Waals surface area (Å²) in [4.78, 5) is 24.9. The number of likely N-dealkylation sites (N-methyl/N-ethyl adjacent to an activating group) is 1. The maximum Gasteiger partial charge on any atom is 0.268 e. The van der Waals surface area contributed by atoms with Gasteiger partial charge in [-0.05, 0) is 57.8 Å². The number of nitrogens with one attached hydrogen (secondary N) is 1. The molecule has 0 saturated heterocycles. The Labute approximate surface area is 286 Å². The molecule has 2 N–H and O–H groups in total. The number of carbonyl (C=O) groups is 1. The van der Waals surface area contributed by atoms with E-state index in [0.29, 0.717) is 17.4 Å². The molecule has 0 heterocycles. The molecule has 0 aliphatic heterocycles. The lowest BCUT2D eigenvalue weighted by molar-refractivity contribution is -0.870. The van der Waals surface area contributed by atoms with Gasteiger partial charge in [0.25, 0.3) is 7.82 Å². The number of aliphatic hydroxyl groups is 1. The van der Waals surface area contributed by atoms with Crippen molar-refractivity contribution in [2.45, 2.75) is 109 Å². The fraction of sp³-hybridized carbons (Fsp3) is 0.605. The highest BCUT2D eigenvalue weighted by Crippen LogP contribution is 2.38. The summed E-state index contributed by atoms with van der Waals surface area (Å²) in [6.45, 7) is 4.33. The maximum atomic E-state index is 12.6. The minimum absolute atomic E-state index is 0.0204. The molecule has 1 amide bonds. The van der Waals surface area contributed by atoms with Crippen LogP contribution in [0.5, 0.6) is 0 Å². The average Bonchev–Trinajstić information content (AvgIpc) is 3.01. The molecule has 268 valence electrons. The number of allylic oxidation sites excluding steroid dienone is 13. The zero-order chi connectivity index (χ0) is 35.1. The highest BCUT2D eigenvalue weighted by molar-refractivity contribution is 7.45. The Balaban J connectivity index is 4.57. The molecule has 0 aliphatic carbocycles. The summed E-state index contributed by atoms with van der Waals surface area (Å²) in [5.74, 6) is -0.291. The van der Waals surface area contributed by atoms with Crippen LogP contribution in [0, 0.1) is 0 Å². The Hall–Kier alpha value is -2.32. The molecule has 9 heteroatoms. The Kier molecular flexibility index (Phi) is 28.3. The number of hydrogen-bond donors (Lipinski definition) is 2. The number of amides is 1. The van der Waals surface area contributed by atoms with E-state index in [1.807, 2.05) is 39.4 Å². The van der Waals surface area contributed by atoms with E-state index in [0.717, 1.165) is 70.6 Å². The first kappa shape index (κ1) is 44.7. The quantitative estimate of drug-likeness (QED) is 0.0359. The number of phosphoric ester groups is 1. The molecule has 0 radical (unpaired) electrons. The second kappa shape index (κ2) is 29.8. The predicted molar refractivity (Wildman–Crippen MR) is 196 cm³/mol. The van der Waals surface area contributed by atoms with Gasteiger partial charge in [-0.25, -0.2) is 0 Å². The number of phosphoric acid groups is 1. The first-order chi connectivity index (χ1) is 22.5. The summed E-state index contributed by atoms with van der Waals surface area (Å²) < 4.78 is 22.9. The van der Waals surface area contributed by atoms with Crippen LogP contribution in [0.3, 0.4) is 0 Å². The van der Waals surface area contributed by atoms with Crippen LogP contribution in [0.25, 0.3) is 0 Å².